The Balaban J connectivity index is 1.94. The summed E-state index contributed by atoms with van der Waals surface area (Å²) in [6.07, 6.45) is 0.797. The van der Waals surface area contributed by atoms with Crippen molar-refractivity contribution in [1.82, 2.24) is 15.8 Å². The van der Waals surface area contributed by atoms with Gasteiger partial charge in [-0.1, -0.05) is 24.2 Å². The van der Waals surface area contributed by atoms with Crippen LogP contribution in [0.4, 0.5) is 4.79 Å². The van der Waals surface area contributed by atoms with E-state index in [9.17, 15) is 4.79 Å². The van der Waals surface area contributed by atoms with Crippen molar-refractivity contribution in [2.45, 2.75) is 39.8 Å². The SMILES string of the molecule is CCC(NC(=O)NCc1c(C)noc1C)c1ccc(OC)cc1. The van der Waals surface area contributed by atoms with Crippen molar-refractivity contribution in [1.29, 1.82) is 0 Å². The van der Waals surface area contributed by atoms with Crippen LogP contribution < -0.4 is 15.4 Å². The molecule has 0 radical (unpaired) electrons. The molecule has 0 saturated heterocycles. The van der Waals surface area contributed by atoms with Gasteiger partial charge in [-0.3, -0.25) is 0 Å². The first-order chi connectivity index (χ1) is 11.0. The number of amides is 2. The molecule has 0 bridgehead atoms. The number of urea groups is 1. The van der Waals surface area contributed by atoms with Crippen LogP contribution in [-0.4, -0.2) is 18.3 Å². The summed E-state index contributed by atoms with van der Waals surface area (Å²) in [5.74, 6) is 1.52. The van der Waals surface area contributed by atoms with Gasteiger partial charge in [0.05, 0.1) is 18.8 Å². The molecule has 1 heterocycles. The zero-order valence-corrected chi connectivity index (χ0v) is 14.0. The molecule has 2 rings (SSSR count). The summed E-state index contributed by atoms with van der Waals surface area (Å²) in [7, 11) is 1.63. The average Bonchev–Trinajstić information content (AvgIpc) is 2.89. The maximum atomic E-state index is 12.1. The molecule has 1 unspecified atom stereocenters. The molecule has 2 aromatic rings. The Morgan fingerprint density at radius 1 is 1.30 bits per heavy atom. The molecule has 2 N–H and O–H groups in total. The van der Waals surface area contributed by atoms with Crippen molar-refractivity contribution in [2.24, 2.45) is 0 Å². The molecule has 0 aliphatic heterocycles. The Kier molecular flexibility index (Phi) is 5.62. The molecule has 23 heavy (non-hydrogen) atoms. The standard InChI is InChI=1S/C17H23N3O3/c1-5-16(13-6-8-14(22-4)9-7-13)19-17(21)18-10-15-11(2)20-23-12(15)3/h6-9,16H,5,10H2,1-4H3,(H2,18,19,21). The first kappa shape index (κ1) is 16.9. The van der Waals surface area contributed by atoms with Crippen LogP contribution in [0.3, 0.4) is 0 Å². The molecule has 1 atom stereocenters. The summed E-state index contributed by atoms with van der Waals surface area (Å²) < 4.78 is 10.2. The number of hydrogen-bond acceptors (Lipinski definition) is 4. The number of aryl methyl sites for hydroxylation is 2. The fourth-order valence-corrected chi connectivity index (χ4v) is 2.39. The Morgan fingerprint density at radius 3 is 2.52 bits per heavy atom. The van der Waals surface area contributed by atoms with E-state index in [-0.39, 0.29) is 12.1 Å². The van der Waals surface area contributed by atoms with Gasteiger partial charge in [0.25, 0.3) is 0 Å². The number of methoxy groups -OCH3 is 1. The average molecular weight is 317 g/mol. The fourth-order valence-electron chi connectivity index (χ4n) is 2.39. The van der Waals surface area contributed by atoms with E-state index in [1.54, 1.807) is 7.11 Å². The summed E-state index contributed by atoms with van der Waals surface area (Å²) in [6, 6.07) is 7.43. The van der Waals surface area contributed by atoms with Crippen molar-refractivity contribution < 1.29 is 14.1 Å². The van der Waals surface area contributed by atoms with Crippen LogP contribution in [0.5, 0.6) is 5.75 Å². The molecule has 0 aliphatic rings. The monoisotopic (exact) mass is 317 g/mol. The normalized spacial score (nSPS) is 11.8. The number of ether oxygens (including phenoxy) is 1. The van der Waals surface area contributed by atoms with Gasteiger partial charge in [-0.2, -0.15) is 0 Å². The van der Waals surface area contributed by atoms with E-state index in [0.717, 1.165) is 34.8 Å². The summed E-state index contributed by atoms with van der Waals surface area (Å²) in [5.41, 5.74) is 2.75. The minimum Gasteiger partial charge on any atom is -0.497 e. The molecule has 0 aliphatic carbocycles. The van der Waals surface area contributed by atoms with E-state index >= 15 is 0 Å². The third-order valence-corrected chi connectivity index (χ3v) is 3.84. The molecule has 124 valence electrons. The second-order valence-electron chi connectivity index (χ2n) is 5.36. The zero-order valence-electron chi connectivity index (χ0n) is 14.0. The van der Waals surface area contributed by atoms with Crippen LogP contribution in [0.2, 0.25) is 0 Å². The van der Waals surface area contributed by atoms with Gasteiger partial charge in [0.1, 0.15) is 11.5 Å². The van der Waals surface area contributed by atoms with E-state index in [1.165, 1.54) is 0 Å². The lowest BCUT2D eigenvalue weighted by atomic mass is 10.0. The molecule has 0 spiro atoms. The van der Waals surface area contributed by atoms with E-state index in [0.29, 0.717) is 6.54 Å². The summed E-state index contributed by atoms with van der Waals surface area (Å²) in [6.45, 7) is 6.12. The smallest absolute Gasteiger partial charge is 0.315 e. The lowest BCUT2D eigenvalue weighted by molar-refractivity contribution is 0.236. The van der Waals surface area contributed by atoms with Gasteiger partial charge in [0.2, 0.25) is 0 Å². The van der Waals surface area contributed by atoms with Gasteiger partial charge in [0, 0.05) is 12.1 Å². The molecular formula is C17H23N3O3. The predicted octanol–water partition coefficient (Wildman–Crippen LogP) is 3.25. The van der Waals surface area contributed by atoms with E-state index in [1.807, 2.05) is 45.0 Å². The van der Waals surface area contributed by atoms with Crippen LogP contribution in [0.15, 0.2) is 28.8 Å². The Bertz CT molecular complexity index is 630. The number of benzene rings is 1. The summed E-state index contributed by atoms with van der Waals surface area (Å²) >= 11 is 0. The maximum Gasteiger partial charge on any atom is 0.315 e. The number of aromatic nitrogens is 1. The van der Waals surface area contributed by atoms with Crippen molar-refractivity contribution >= 4 is 6.03 Å². The third kappa shape index (κ3) is 4.25. The number of carbonyl (C=O) groups excluding carboxylic acids is 1. The van der Waals surface area contributed by atoms with Crippen LogP contribution in [0.1, 0.15) is 42.0 Å². The molecule has 1 aromatic heterocycles. The molecule has 1 aromatic carbocycles. The first-order valence-corrected chi connectivity index (χ1v) is 7.65. The summed E-state index contributed by atoms with van der Waals surface area (Å²) in [5, 5.41) is 9.71. The van der Waals surface area contributed by atoms with Gasteiger partial charge in [-0.15, -0.1) is 0 Å². The highest BCUT2D eigenvalue weighted by Gasteiger charge is 2.14. The Morgan fingerprint density at radius 2 is 2.00 bits per heavy atom. The second-order valence-corrected chi connectivity index (χ2v) is 5.36. The Labute approximate surface area is 136 Å². The van der Waals surface area contributed by atoms with Crippen LogP contribution in [0, 0.1) is 13.8 Å². The van der Waals surface area contributed by atoms with E-state index < -0.39 is 0 Å². The van der Waals surface area contributed by atoms with Gasteiger partial charge >= 0.3 is 6.03 Å². The highest BCUT2D eigenvalue weighted by atomic mass is 16.5. The number of hydrogen-bond donors (Lipinski definition) is 2. The van der Waals surface area contributed by atoms with Gasteiger partial charge < -0.3 is 19.9 Å². The van der Waals surface area contributed by atoms with Crippen molar-refractivity contribution in [3.63, 3.8) is 0 Å². The zero-order chi connectivity index (χ0) is 16.8. The lowest BCUT2D eigenvalue weighted by Gasteiger charge is -2.18. The quantitative estimate of drug-likeness (QED) is 0.857. The number of rotatable bonds is 6. The lowest BCUT2D eigenvalue weighted by Crippen LogP contribution is -2.37. The third-order valence-electron chi connectivity index (χ3n) is 3.84. The van der Waals surface area contributed by atoms with Gasteiger partial charge in [0.15, 0.2) is 0 Å². The number of nitrogens with one attached hydrogen (secondary N) is 2. The highest BCUT2D eigenvalue weighted by Crippen LogP contribution is 2.20. The molecule has 6 nitrogen and oxygen atoms in total. The van der Waals surface area contributed by atoms with E-state index in [4.69, 9.17) is 9.26 Å². The molecule has 0 fully saturated rings. The first-order valence-electron chi connectivity index (χ1n) is 7.65. The van der Waals surface area contributed by atoms with Crippen LogP contribution >= 0.6 is 0 Å². The number of nitrogens with zero attached hydrogens (tertiary/aromatic N) is 1. The van der Waals surface area contributed by atoms with Gasteiger partial charge in [-0.25, -0.2) is 4.79 Å². The molecule has 2 amide bonds. The largest absolute Gasteiger partial charge is 0.497 e. The predicted molar refractivity (Wildman–Crippen MR) is 87.4 cm³/mol. The highest BCUT2D eigenvalue weighted by molar-refractivity contribution is 5.74. The fraction of sp³-hybridized carbons (Fsp3) is 0.412. The van der Waals surface area contributed by atoms with Crippen LogP contribution in [-0.2, 0) is 6.54 Å². The van der Waals surface area contributed by atoms with Crippen molar-refractivity contribution in [3.05, 3.63) is 46.8 Å². The maximum absolute atomic E-state index is 12.1. The van der Waals surface area contributed by atoms with Crippen molar-refractivity contribution in [3.8, 4) is 5.75 Å². The number of carbonyl (C=O) groups is 1. The molecule has 0 saturated carbocycles. The van der Waals surface area contributed by atoms with Crippen molar-refractivity contribution in [2.75, 3.05) is 7.11 Å². The van der Waals surface area contributed by atoms with E-state index in [2.05, 4.69) is 15.8 Å². The Hall–Kier alpha value is -2.50. The molecule has 6 heteroatoms. The van der Waals surface area contributed by atoms with Crippen LogP contribution in [0.25, 0.3) is 0 Å². The summed E-state index contributed by atoms with van der Waals surface area (Å²) in [4.78, 5) is 12.1. The second kappa shape index (κ2) is 7.67. The molecular weight excluding hydrogens is 294 g/mol. The van der Waals surface area contributed by atoms with Gasteiger partial charge in [-0.05, 0) is 38.0 Å². The topological polar surface area (TPSA) is 76.4 Å². The minimum absolute atomic E-state index is 0.0504. The minimum atomic E-state index is -0.215.